The van der Waals surface area contributed by atoms with Gasteiger partial charge in [0.2, 0.25) is 0 Å². The first-order chi connectivity index (χ1) is 7.63. The van der Waals surface area contributed by atoms with Crippen molar-refractivity contribution in [2.24, 2.45) is 0 Å². The molecular weight excluding hydrogens is 235 g/mol. The van der Waals surface area contributed by atoms with E-state index in [4.69, 9.17) is 21.6 Å². The van der Waals surface area contributed by atoms with Crippen LogP contribution in [0.5, 0.6) is 5.75 Å². The number of halogens is 2. The third kappa shape index (κ3) is 3.75. The molecular formula is C10H8ClFN2O2. The highest BCUT2D eigenvalue weighted by molar-refractivity contribution is 6.32. The zero-order chi connectivity index (χ0) is 12.0. The van der Waals surface area contributed by atoms with Gasteiger partial charge in [0.1, 0.15) is 5.82 Å². The first kappa shape index (κ1) is 12.3. The highest BCUT2D eigenvalue weighted by atomic mass is 35.5. The smallest absolute Gasteiger partial charge is 0.409 e. The van der Waals surface area contributed by atoms with E-state index < -0.39 is 11.9 Å². The van der Waals surface area contributed by atoms with Crippen molar-refractivity contribution >= 4 is 17.7 Å². The van der Waals surface area contributed by atoms with E-state index in [9.17, 15) is 9.18 Å². The van der Waals surface area contributed by atoms with Crippen LogP contribution in [-0.2, 0) is 0 Å². The topological polar surface area (TPSA) is 62.1 Å². The molecule has 0 spiro atoms. The summed E-state index contributed by atoms with van der Waals surface area (Å²) in [6, 6.07) is 5.28. The molecule has 4 nitrogen and oxygen atoms in total. The summed E-state index contributed by atoms with van der Waals surface area (Å²) < 4.78 is 17.4. The first-order valence-corrected chi connectivity index (χ1v) is 4.79. The van der Waals surface area contributed by atoms with E-state index in [0.717, 1.165) is 12.1 Å². The maximum absolute atomic E-state index is 12.7. The van der Waals surface area contributed by atoms with Crippen molar-refractivity contribution in [3.63, 3.8) is 0 Å². The van der Waals surface area contributed by atoms with Gasteiger partial charge in [-0.25, -0.2) is 9.18 Å². The first-order valence-electron chi connectivity index (χ1n) is 4.41. The Bertz CT molecular complexity index is 431. The van der Waals surface area contributed by atoms with E-state index in [1.54, 1.807) is 0 Å². The summed E-state index contributed by atoms with van der Waals surface area (Å²) in [4.78, 5) is 11.1. The van der Waals surface area contributed by atoms with Gasteiger partial charge in [0.15, 0.2) is 5.75 Å². The molecule has 1 aromatic carbocycles. The van der Waals surface area contributed by atoms with E-state index in [1.807, 2.05) is 6.07 Å². The molecule has 0 aromatic heterocycles. The van der Waals surface area contributed by atoms with E-state index in [2.05, 4.69) is 5.32 Å². The summed E-state index contributed by atoms with van der Waals surface area (Å²) in [5.74, 6) is -0.445. The molecule has 0 bridgehead atoms. The molecule has 0 atom stereocenters. The second kappa shape index (κ2) is 5.93. The minimum atomic E-state index is -0.733. The van der Waals surface area contributed by atoms with Crippen LogP contribution in [0.15, 0.2) is 18.2 Å². The summed E-state index contributed by atoms with van der Waals surface area (Å²) in [7, 11) is 0. The molecule has 1 amide bonds. The predicted molar refractivity (Wildman–Crippen MR) is 55.7 cm³/mol. The molecule has 84 valence electrons. The minimum absolute atomic E-state index is 0.00966. The third-order valence-electron chi connectivity index (χ3n) is 1.60. The van der Waals surface area contributed by atoms with Gasteiger partial charge in [-0.05, 0) is 18.2 Å². The molecule has 0 unspecified atom stereocenters. The number of hydrogen-bond acceptors (Lipinski definition) is 3. The quantitative estimate of drug-likeness (QED) is 0.829. The summed E-state index contributed by atoms with van der Waals surface area (Å²) in [5.41, 5.74) is 0. The maximum atomic E-state index is 12.7. The van der Waals surface area contributed by atoms with Crippen LogP contribution in [0.25, 0.3) is 0 Å². The second-order valence-corrected chi connectivity index (χ2v) is 3.21. The molecule has 1 rings (SSSR count). The number of nitrogens with one attached hydrogen (secondary N) is 1. The summed E-state index contributed by atoms with van der Waals surface area (Å²) in [6.45, 7) is 0.189. The van der Waals surface area contributed by atoms with Crippen LogP contribution in [0.1, 0.15) is 6.42 Å². The van der Waals surface area contributed by atoms with Gasteiger partial charge in [0, 0.05) is 6.54 Å². The van der Waals surface area contributed by atoms with Crippen LogP contribution in [0.2, 0.25) is 5.02 Å². The largest absolute Gasteiger partial charge is 0.412 e. The highest BCUT2D eigenvalue weighted by Gasteiger charge is 2.08. The molecule has 0 aliphatic heterocycles. The zero-order valence-corrected chi connectivity index (χ0v) is 8.92. The molecule has 0 aliphatic carbocycles. The summed E-state index contributed by atoms with van der Waals surface area (Å²) in [6.07, 6.45) is -0.546. The molecule has 0 saturated heterocycles. The number of nitrogens with zero attached hydrogens (tertiary/aromatic N) is 1. The van der Waals surface area contributed by atoms with Gasteiger partial charge in [0.25, 0.3) is 0 Å². The number of carbonyl (C=O) groups excluding carboxylic acids is 1. The molecule has 6 heteroatoms. The third-order valence-corrected chi connectivity index (χ3v) is 1.90. The lowest BCUT2D eigenvalue weighted by molar-refractivity contribution is 0.200. The van der Waals surface area contributed by atoms with Gasteiger partial charge in [-0.3, -0.25) is 0 Å². The van der Waals surface area contributed by atoms with Crippen LogP contribution in [0.3, 0.4) is 0 Å². The fourth-order valence-corrected chi connectivity index (χ4v) is 1.12. The number of ether oxygens (including phenoxy) is 1. The Labute approximate surface area is 96.6 Å². The van der Waals surface area contributed by atoms with Crippen molar-refractivity contribution in [2.45, 2.75) is 6.42 Å². The highest BCUT2D eigenvalue weighted by Crippen LogP contribution is 2.24. The maximum Gasteiger partial charge on any atom is 0.412 e. The minimum Gasteiger partial charge on any atom is -0.409 e. The van der Waals surface area contributed by atoms with Crippen LogP contribution >= 0.6 is 11.6 Å². The Balaban J connectivity index is 2.53. The lowest BCUT2D eigenvalue weighted by Gasteiger charge is -2.06. The molecule has 16 heavy (non-hydrogen) atoms. The summed E-state index contributed by atoms with van der Waals surface area (Å²) in [5, 5.41) is 10.6. The molecule has 0 radical (unpaired) electrons. The lowest BCUT2D eigenvalue weighted by atomic mass is 10.3. The number of benzene rings is 1. The zero-order valence-electron chi connectivity index (χ0n) is 8.17. The van der Waals surface area contributed by atoms with Crippen LogP contribution < -0.4 is 10.1 Å². The standard InChI is InChI=1S/C10H8ClFN2O2/c11-8-6-7(12)2-3-9(8)16-10(15)14-5-1-4-13/h2-3,6H,1,5H2,(H,14,15). The van der Waals surface area contributed by atoms with E-state index in [0.29, 0.717) is 0 Å². The van der Waals surface area contributed by atoms with E-state index in [-0.39, 0.29) is 23.7 Å². The van der Waals surface area contributed by atoms with Crippen molar-refractivity contribution in [3.05, 3.63) is 29.0 Å². The number of nitriles is 1. The molecule has 1 aromatic rings. The molecule has 1 N–H and O–H groups in total. The summed E-state index contributed by atoms with van der Waals surface area (Å²) >= 11 is 5.64. The van der Waals surface area contributed by atoms with Gasteiger partial charge in [-0.15, -0.1) is 0 Å². The number of hydrogen-bond donors (Lipinski definition) is 1. The van der Waals surface area contributed by atoms with Crippen molar-refractivity contribution < 1.29 is 13.9 Å². The monoisotopic (exact) mass is 242 g/mol. The van der Waals surface area contributed by atoms with Crippen LogP contribution in [0.4, 0.5) is 9.18 Å². The fraction of sp³-hybridized carbons (Fsp3) is 0.200. The molecule has 0 saturated carbocycles. The van der Waals surface area contributed by atoms with Gasteiger partial charge in [-0.2, -0.15) is 5.26 Å². The predicted octanol–water partition coefficient (Wildman–Crippen LogP) is 2.48. The van der Waals surface area contributed by atoms with Crippen molar-refractivity contribution in [1.29, 1.82) is 5.26 Å². The lowest BCUT2D eigenvalue weighted by Crippen LogP contribution is -2.27. The number of carbonyl (C=O) groups is 1. The van der Waals surface area contributed by atoms with Crippen molar-refractivity contribution in [3.8, 4) is 11.8 Å². The van der Waals surface area contributed by atoms with Crippen molar-refractivity contribution in [1.82, 2.24) is 5.32 Å². The average molecular weight is 243 g/mol. The molecule has 0 heterocycles. The normalized spacial score (nSPS) is 9.31. The number of amides is 1. The Hall–Kier alpha value is -1.80. The van der Waals surface area contributed by atoms with Gasteiger partial charge in [0.05, 0.1) is 17.5 Å². The van der Waals surface area contributed by atoms with Crippen molar-refractivity contribution in [2.75, 3.05) is 6.54 Å². The SMILES string of the molecule is N#CCCNC(=O)Oc1ccc(F)cc1Cl. The Morgan fingerprint density at radius 1 is 1.62 bits per heavy atom. The Morgan fingerprint density at radius 3 is 3.00 bits per heavy atom. The van der Waals surface area contributed by atoms with Crippen LogP contribution in [-0.4, -0.2) is 12.6 Å². The fourth-order valence-electron chi connectivity index (χ4n) is 0.914. The number of rotatable bonds is 3. The second-order valence-electron chi connectivity index (χ2n) is 2.80. The van der Waals surface area contributed by atoms with Gasteiger partial charge in [-0.1, -0.05) is 11.6 Å². The van der Waals surface area contributed by atoms with E-state index in [1.165, 1.54) is 6.07 Å². The van der Waals surface area contributed by atoms with Gasteiger partial charge >= 0.3 is 6.09 Å². The van der Waals surface area contributed by atoms with Gasteiger partial charge < -0.3 is 10.1 Å². The Morgan fingerprint density at radius 2 is 2.38 bits per heavy atom. The molecule has 0 aliphatic rings. The molecule has 0 fully saturated rings. The van der Waals surface area contributed by atoms with Crippen LogP contribution in [0, 0.1) is 17.1 Å². The Kier molecular flexibility index (Phi) is 4.55. The average Bonchev–Trinajstić information content (AvgIpc) is 2.23. The van der Waals surface area contributed by atoms with E-state index >= 15 is 0 Å².